The zero-order valence-electron chi connectivity index (χ0n) is 8.31. The van der Waals surface area contributed by atoms with Crippen molar-refractivity contribution in [2.45, 2.75) is 38.8 Å². The van der Waals surface area contributed by atoms with Crippen molar-refractivity contribution < 1.29 is 13.5 Å². The maximum Gasteiger partial charge on any atom is 0.261 e. The number of halogens is 2. The monoisotopic (exact) mass is 193 g/mol. The molecule has 0 aromatic heterocycles. The van der Waals surface area contributed by atoms with Gasteiger partial charge in [0.2, 0.25) is 0 Å². The molecule has 0 aromatic rings. The number of ether oxygens (including phenoxy) is 1. The van der Waals surface area contributed by atoms with Gasteiger partial charge in [0, 0.05) is 11.5 Å². The lowest BCUT2D eigenvalue weighted by Crippen LogP contribution is -2.60. The van der Waals surface area contributed by atoms with E-state index in [0.29, 0.717) is 6.04 Å². The van der Waals surface area contributed by atoms with E-state index in [1.807, 2.05) is 20.9 Å². The Balaban J connectivity index is 2.31. The fraction of sp³-hybridized carbons (Fsp3) is 1.00. The molecular formula is C9H17F2NO. The average Bonchev–Trinajstić information content (AvgIpc) is 2.02. The molecule has 2 atom stereocenters. The van der Waals surface area contributed by atoms with Gasteiger partial charge in [-0.05, 0) is 13.5 Å². The van der Waals surface area contributed by atoms with Crippen LogP contribution in [0.25, 0.3) is 0 Å². The molecular weight excluding hydrogens is 176 g/mol. The minimum absolute atomic E-state index is 0.0242. The maximum absolute atomic E-state index is 11.8. The molecule has 4 heteroatoms. The molecule has 0 amide bonds. The van der Waals surface area contributed by atoms with Crippen LogP contribution in [0, 0.1) is 5.41 Å². The van der Waals surface area contributed by atoms with Gasteiger partial charge in [-0.3, -0.25) is 0 Å². The Labute approximate surface area is 77.6 Å². The van der Waals surface area contributed by atoms with Crippen LogP contribution >= 0.6 is 0 Å². The summed E-state index contributed by atoms with van der Waals surface area (Å²) in [6.45, 7) is 3.63. The van der Waals surface area contributed by atoms with Gasteiger partial charge in [0.25, 0.3) is 6.43 Å². The van der Waals surface area contributed by atoms with Gasteiger partial charge in [0.1, 0.15) is 6.61 Å². The highest BCUT2D eigenvalue weighted by Crippen LogP contribution is 2.42. The second-order valence-corrected chi connectivity index (χ2v) is 4.11. The second kappa shape index (κ2) is 3.88. The van der Waals surface area contributed by atoms with E-state index in [4.69, 9.17) is 4.74 Å². The Morgan fingerprint density at radius 2 is 2.15 bits per heavy atom. The van der Waals surface area contributed by atoms with Gasteiger partial charge < -0.3 is 10.1 Å². The molecule has 0 heterocycles. The third-order valence-corrected chi connectivity index (χ3v) is 2.95. The molecule has 0 aliphatic heterocycles. The average molecular weight is 193 g/mol. The lowest BCUT2D eigenvalue weighted by Gasteiger charge is -2.51. The predicted molar refractivity (Wildman–Crippen MR) is 47.0 cm³/mol. The highest BCUT2D eigenvalue weighted by Gasteiger charge is 2.48. The first-order chi connectivity index (χ1) is 5.98. The van der Waals surface area contributed by atoms with Crippen LogP contribution in [-0.4, -0.2) is 32.2 Å². The standard InChI is InChI=1S/C9H17F2NO/c1-9(2)6(12-3)4-7(9)13-5-8(10)11/h6-8,12H,4-5H2,1-3H3. The van der Waals surface area contributed by atoms with Crippen LogP contribution in [0.15, 0.2) is 0 Å². The maximum atomic E-state index is 11.8. The molecule has 0 spiro atoms. The van der Waals surface area contributed by atoms with Gasteiger partial charge in [-0.25, -0.2) is 8.78 Å². The third kappa shape index (κ3) is 2.17. The van der Waals surface area contributed by atoms with E-state index in [1.165, 1.54) is 0 Å². The summed E-state index contributed by atoms with van der Waals surface area (Å²) >= 11 is 0. The minimum Gasteiger partial charge on any atom is -0.372 e. The molecule has 13 heavy (non-hydrogen) atoms. The van der Waals surface area contributed by atoms with Crippen molar-refractivity contribution in [3.05, 3.63) is 0 Å². The van der Waals surface area contributed by atoms with Crippen LogP contribution in [-0.2, 0) is 4.74 Å². The summed E-state index contributed by atoms with van der Waals surface area (Å²) in [6, 6.07) is 0.384. The highest BCUT2D eigenvalue weighted by atomic mass is 19.3. The van der Waals surface area contributed by atoms with Crippen molar-refractivity contribution in [3.8, 4) is 0 Å². The lowest BCUT2D eigenvalue weighted by atomic mass is 9.64. The molecule has 2 unspecified atom stereocenters. The van der Waals surface area contributed by atoms with E-state index in [-0.39, 0.29) is 11.5 Å². The zero-order chi connectivity index (χ0) is 10.1. The zero-order valence-corrected chi connectivity index (χ0v) is 8.31. The minimum atomic E-state index is -2.36. The topological polar surface area (TPSA) is 21.3 Å². The van der Waals surface area contributed by atoms with Gasteiger partial charge in [0.05, 0.1) is 6.10 Å². The Hall–Kier alpha value is -0.220. The van der Waals surface area contributed by atoms with Crippen LogP contribution in [0.4, 0.5) is 8.78 Å². The second-order valence-electron chi connectivity index (χ2n) is 4.11. The van der Waals surface area contributed by atoms with Crippen LogP contribution in [0.1, 0.15) is 20.3 Å². The molecule has 1 rings (SSSR count). The molecule has 1 saturated carbocycles. The normalized spacial score (nSPS) is 31.8. The molecule has 78 valence electrons. The van der Waals surface area contributed by atoms with Crippen LogP contribution < -0.4 is 5.32 Å². The van der Waals surface area contributed by atoms with Gasteiger partial charge in [-0.1, -0.05) is 13.8 Å². The number of rotatable bonds is 4. The number of nitrogens with one attached hydrogen (secondary N) is 1. The number of alkyl halides is 2. The Morgan fingerprint density at radius 1 is 1.54 bits per heavy atom. The van der Waals surface area contributed by atoms with Gasteiger partial charge in [0.15, 0.2) is 0 Å². The van der Waals surface area contributed by atoms with E-state index < -0.39 is 13.0 Å². The molecule has 1 aliphatic rings. The summed E-state index contributed by atoms with van der Waals surface area (Å²) in [5.74, 6) is 0. The molecule has 1 fully saturated rings. The molecule has 2 nitrogen and oxygen atoms in total. The Bertz CT molecular complexity index is 173. The summed E-state index contributed by atoms with van der Waals surface area (Å²) in [5.41, 5.74) is -0.0242. The lowest BCUT2D eigenvalue weighted by molar-refractivity contribution is -0.138. The Morgan fingerprint density at radius 3 is 2.54 bits per heavy atom. The summed E-state index contributed by atoms with van der Waals surface area (Å²) < 4.78 is 28.8. The van der Waals surface area contributed by atoms with Crippen molar-refractivity contribution in [2.75, 3.05) is 13.7 Å². The van der Waals surface area contributed by atoms with Gasteiger partial charge in [-0.2, -0.15) is 0 Å². The van der Waals surface area contributed by atoms with E-state index in [2.05, 4.69) is 5.32 Å². The van der Waals surface area contributed by atoms with Crippen LogP contribution in [0.3, 0.4) is 0 Å². The van der Waals surface area contributed by atoms with Gasteiger partial charge in [-0.15, -0.1) is 0 Å². The number of hydrogen-bond acceptors (Lipinski definition) is 2. The van der Waals surface area contributed by atoms with Crippen molar-refractivity contribution in [3.63, 3.8) is 0 Å². The predicted octanol–water partition coefficient (Wildman–Crippen LogP) is 1.65. The first-order valence-electron chi connectivity index (χ1n) is 4.55. The highest BCUT2D eigenvalue weighted by molar-refractivity contribution is 5.02. The van der Waals surface area contributed by atoms with Crippen LogP contribution in [0.5, 0.6) is 0 Å². The van der Waals surface area contributed by atoms with Gasteiger partial charge >= 0.3 is 0 Å². The van der Waals surface area contributed by atoms with Crippen molar-refractivity contribution in [2.24, 2.45) is 5.41 Å². The van der Waals surface area contributed by atoms with E-state index in [1.54, 1.807) is 0 Å². The third-order valence-electron chi connectivity index (χ3n) is 2.95. The quantitative estimate of drug-likeness (QED) is 0.733. The molecule has 1 aliphatic carbocycles. The van der Waals surface area contributed by atoms with Crippen molar-refractivity contribution in [1.29, 1.82) is 0 Å². The van der Waals surface area contributed by atoms with E-state index in [9.17, 15) is 8.78 Å². The molecule has 0 saturated heterocycles. The smallest absolute Gasteiger partial charge is 0.261 e. The summed E-state index contributed by atoms with van der Waals surface area (Å²) in [7, 11) is 1.88. The van der Waals surface area contributed by atoms with E-state index in [0.717, 1.165) is 6.42 Å². The molecule has 0 radical (unpaired) electrons. The van der Waals surface area contributed by atoms with E-state index >= 15 is 0 Å². The number of hydrogen-bond donors (Lipinski definition) is 1. The SMILES string of the molecule is CNC1CC(OCC(F)F)C1(C)C. The summed E-state index contributed by atoms with van der Waals surface area (Å²) in [5, 5.41) is 3.14. The fourth-order valence-corrected chi connectivity index (χ4v) is 1.85. The summed E-state index contributed by atoms with van der Waals surface area (Å²) in [4.78, 5) is 0. The largest absolute Gasteiger partial charge is 0.372 e. The van der Waals surface area contributed by atoms with Crippen molar-refractivity contribution >= 4 is 0 Å². The molecule has 1 N–H and O–H groups in total. The van der Waals surface area contributed by atoms with Crippen molar-refractivity contribution in [1.82, 2.24) is 5.32 Å². The van der Waals surface area contributed by atoms with Crippen LogP contribution in [0.2, 0.25) is 0 Å². The molecule has 0 bridgehead atoms. The summed E-state index contributed by atoms with van der Waals surface area (Å²) in [6.07, 6.45) is -1.56. The fourth-order valence-electron chi connectivity index (χ4n) is 1.85. The first-order valence-corrected chi connectivity index (χ1v) is 4.55. The Kier molecular flexibility index (Phi) is 3.24. The first kappa shape index (κ1) is 10.9. The molecule has 0 aromatic carbocycles.